The van der Waals surface area contributed by atoms with E-state index in [1.165, 1.54) is 0 Å². The van der Waals surface area contributed by atoms with Gasteiger partial charge in [0.2, 0.25) is 0 Å². The highest BCUT2D eigenvalue weighted by molar-refractivity contribution is 5.73. The Morgan fingerprint density at radius 1 is 1.23 bits per heavy atom. The minimum atomic E-state index is -0.108. The molecule has 1 aromatic rings. The summed E-state index contributed by atoms with van der Waals surface area (Å²) in [6.45, 7) is 3.87. The second-order valence-electron chi connectivity index (χ2n) is 3.24. The topological polar surface area (TPSA) is 52.0 Å². The van der Waals surface area contributed by atoms with Gasteiger partial charge in [0, 0.05) is 11.3 Å². The number of hydrogen-bond acceptors (Lipinski definition) is 2. The molecule has 1 aromatic carbocycles. The molecule has 2 nitrogen and oxygen atoms in total. The highest BCUT2D eigenvalue weighted by atomic mass is 14.7. The number of nitrogens with two attached hydrogens (primary N) is 2. The van der Waals surface area contributed by atoms with Crippen molar-refractivity contribution in [2.45, 2.75) is 6.04 Å². The van der Waals surface area contributed by atoms with Gasteiger partial charge in [-0.15, -0.1) is 0 Å². The van der Waals surface area contributed by atoms with Crippen molar-refractivity contribution in [1.29, 1.82) is 0 Å². The standard InChI is InChI=1S/C11H12N2/c1-7-5-6-8-9(11(7)13)3-2-4-10(8)12/h2-6,11H,1,12-13H2. The first-order valence-corrected chi connectivity index (χ1v) is 4.21. The van der Waals surface area contributed by atoms with Gasteiger partial charge >= 0.3 is 0 Å². The van der Waals surface area contributed by atoms with Crippen LogP contribution < -0.4 is 11.5 Å². The molecule has 2 rings (SSSR count). The molecule has 1 atom stereocenters. The van der Waals surface area contributed by atoms with Crippen molar-refractivity contribution < 1.29 is 0 Å². The van der Waals surface area contributed by atoms with Gasteiger partial charge in [0.25, 0.3) is 0 Å². The van der Waals surface area contributed by atoms with Crippen LogP contribution in [0.2, 0.25) is 0 Å². The molecule has 13 heavy (non-hydrogen) atoms. The number of fused-ring (bicyclic) bond motifs is 1. The summed E-state index contributed by atoms with van der Waals surface area (Å²) >= 11 is 0. The number of rotatable bonds is 0. The SMILES string of the molecule is C=C1C=Cc2c(N)cccc2C1N. The third kappa shape index (κ3) is 1.15. The first-order valence-electron chi connectivity index (χ1n) is 4.21. The molecule has 66 valence electrons. The third-order valence-corrected chi connectivity index (χ3v) is 2.37. The van der Waals surface area contributed by atoms with Gasteiger partial charge in [0.15, 0.2) is 0 Å². The quantitative estimate of drug-likeness (QED) is 0.587. The summed E-state index contributed by atoms with van der Waals surface area (Å²) in [4.78, 5) is 0. The van der Waals surface area contributed by atoms with Gasteiger partial charge in [-0.25, -0.2) is 0 Å². The Morgan fingerprint density at radius 3 is 2.77 bits per heavy atom. The van der Waals surface area contributed by atoms with Crippen molar-refractivity contribution in [2.75, 3.05) is 5.73 Å². The Kier molecular flexibility index (Phi) is 1.71. The number of hydrogen-bond donors (Lipinski definition) is 2. The van der Waals surface area contributed by atoms with Crippen LogP contribution in [-0.4, -0.2) is 0 Å². The van der Waals surface area contributed by atoms with Gasteiger partial charge < -0.3 is 11.5 Å². The first-order chi connectivity index (χ1) is 6.20. The largest absolute Gasteiger partial charge is 0.398 e. The van der Waals surface area contributed by atoms with E-state index in [9.17, 15) is 0 Å². The molecule has 0 aromatic heterocycles. The average molecular weight is 172 g/mol. The monoisotopic (exact) mass is 172 g/mol. The average Bonchev–Trinajstić information content (AvgIpc) is 2.12. The van der Waals surface area contributed by atoms with Crippen molar-refractivity contribution in [3.8, 4) is 0 Å². The highest BCUT2D eigenvalue weighted by Gasteiger charge is 2.16. The van der Waals surface area contributed by atoms with E-state index in [0.717, 1.165) is 22.4 Å². The van der Waals surface area contributed by atoms with Gasteiger partial charge in [-0.3, -0.25) is 0 Å². The van der Waals surface area contributed by atoms with Crippen molar-refractivity contribution in [2.24, 2.45) is 5.73 Å². The Hall–Kier alpha value is -1.54. The third-order valence-electron chi connectivity index (χ3n) is 2.37. The van der Waals surface area contributed by atoms with Crippen LogP contribution in [0, 0.1) is 0 Å². The molecule has 0 saturated carbocycles. The molecular weight excluding hydrogens is 160 g/mol. The lowest BCUT2D eigenvalue weighted by atomic mass is 9.89. The maximum atomic E-state index is 5.95. The minimum absolute atomic E-state index is 0.108. The molecular formula is C11H12N2. The van der Waals surface area contributed by atoms with Crippen LogP contribution in [0.1, 0.15) is 17.2 Å². The fourth-order valence-corrected chi connectivity index (χ4v) is 1.56. The molecule has 0 bridgehead atoms. The van der Waals surface area contributed by atoms with Crippen LogP contribution in [0.15, 0.2) is 36.4 Å². The number of anilines is 1. The van der Waals surface area contributed by atoms with Gasteiger partial charge in [-0.2, -0.15) is 0 Å². The summed E-state index contributed by atoms with van der Waals surface area (Å²) in [6, 6.07) is 5.68. The van der Waals surface area contributed by atoms with Gasteiger partial charge in [0.05, 0.1) is 6.04 Å². The van der Waals surface area contributed by atoms with E-state index in [0.29, 0.717) is 0 Å². The van der Waals surface area contributed by atoms with Gasteiger partial charge in [-0.1, -0.05) is 30.9 Å². The van der Waals surface area contributed by atoms with Crippen molar-refractivity contribution in [3.05, 3.63) is 47.6 Å². The zero-order valence-electron chi connectivity index (χ0n) is 7.33. The van der Waals surface area contributed by atoms with Crippen LogP contribution >= 0.6 is 0 Å². The maximum Gasteiger partial charge on any atom is 0.0552 e. The molecule has 1 unspecified atom stereocenters. The summed E-state index contributed by atoms with van der Waals surface area (Å²) in [5, 5.41) is 0. The molecule has 0 spiro atoms. The Balaban J connectivity index is 2.65. The van der Waals surface area contributed by atoms with Crippen molar-refractivity contribution >= 4 is 11.8 Å². The molecule has 1 aliphatic rings. The summed E-state index contributed by atoms with van der Waals surface area (Å²) in [6.07, 6.45) is 3.89. The second kappa shape index (κ2) is 2.75. The van der Waals surface area contributed by atoms with E-state index in [-0.39, 0.29) is 6.04 Å². The van der Waals surface area contributed by atoms with Crippen LogP contribution in [0.3, 0.4) is 0 Å². The lowest BCUT2D eigenvalue weighted by Crippen LogP contribution is -2.16. The molecule has 0 amide bonds. The van der Waals surface area contributed by atoms with E-state index in [4.69, 9.17) is 11.5 Å². The molecule has 0 radical (unpaired) electrons. The lowest BCUT2D eigenvalue weighted by Gasteiger charge is -2.20. The molecule has 4 N–H and O–H groups in total. The van der Waals surface area contributed by atoms with E-state index in [2.05, 4.69) is 6.58 Å². The smallest absolute Gasteiger partial charge is 0.0552 e. The zero-order chi connectivity index (χ0) is 9.42. The Bertz CT molecular complexity index is 391. The van der Waals surface area contributed by atoms with Crippen LogP contribution in [0.4, 0.5) is 5.69 Å². The summed E-state index contributed by atoms with van der Waals surface area (Å²) in [5.74, 6) is 0. The highest BCUT2D eigenvalue weighted by Crippen LogP contribution is 2.31. The van der Waals surface area contributed by atoms with E-state index < -0.39 is 0 Å². The van der Waals surface area contributed by atoms with Gasteiger partial charge in [-0.05, 0) is 17.2 Å². The maximum absolute atomic E-state index is 5.95. The molecule has 0 saturated heterocycles. The molecule has 2 heteroatoms. The minimum Gasteiger partial charge on any atom is -0.398 e. The fraction of sp³-hybridized carbons (Fsp3) is 0.0909. The van der Waals surface area contributed by atoms with Crippen LogP contribution in [0.5, 0.6) is 0 Å². The predicted octanol–water partition coefficient (Wildman–Crippen LogP) is 1.85. The van der Waals surface area contributed by atoms with Crippen molar-refractivity contribution in [3.63, 3.8) is 0 Å². The van der Waals surface area contributed by atoms with Crippen molar-refractivity contribution in [1.82, 2.24) is 0 Å². The second-order valence-corrected chi connectivity index (χ2v) is 3.24. The Labute approximate surface area is 77.6 Å². The molecule has 0 aliphatic heterocycles. The zero-order valence-corrected chi connectivity index (χ0v) is 7.33. The van der Waals surface area contributed by atoms with Crippen LogP contribution in [0.25, 0.3) is 6.08 Å². The Morgan fingerprint density at radius 2 is 2.00 bits per heavy atom. The van der Waals surface area contributed by atoms with Gasteiger partial charge in [0.1, 0.15) is 0 Å². The van der Waals surface area contributed by atoms with E-state index in [1.54, 1.807) is 0 Å². The molecule has 1 aliphatic carbocycles. The summed E-state index contributed by atoms with van der Waals surface area (Å²) in [7, 11) is 0. The summed E-state index contributed by atoms with van der Waals surface area (Å²) in [5.41, 5.74) is 15.6. The molecule has 0 fully saturated rings. The van der Waals surface area contributed by atoms with E-state index in [1.807, 2.05) is 30.4 Å². The first kappa shape index (κ1) is 8.08. The number of benzene rings is 1. The normalized spacial score (nSPS) is 20.1. The van der Waals surface area contributed by atoms with Crippen LogP contribution in [-0.2, 0) is 0 Å². The van der Waals surface area contributed by atoms with E-state index >= 15 is 0 Å². The molecule has 0 heterocycles. The fourth-order valence-electron chi connectivity index (χ4n) is 1.56. The number of nitrogen functional groups attached to an aromatic ring is 1. The summed E-state index contributed by atoms with van der Waals surface area (Å²) < 4.78 is 0. The predicted molar refractivity (Wildman–Crippen MR) is 56.0 cm³/mol. The lowest BCUT2D eigenvalue weighted by molar-refractivity contribution is 0.866.